The van der Waals surface area contributed by atoms with Gasteiger partial charge in [-0.05, 0) is 42.5 Å². The molecule has 0 radical (unpaired) electrons. The summed E-state index contributed by atoms with van der Waals surface area (Å²) in [6.07, 6.45) is 3.53. The van der Waals surface area contributed by atoms with Gasteiger partial charge in [0.1, 0.15) is 44.5 Å². The van der Waals surface area contributed by atoms with Crippen molar-refractivity contribution in [3.8, 4) is 5.75 Å². The first kappa shape index (κ1) is 19.3. The van der Waals surface area contributed by atoms with E-state index in [0.717, 1.165) is 44.7 Å². The second-order valence-corrected chi connectivity index (χ2v) is 8.94. The van der Waals surface area contributed by atoms with Crippen molar-refractivity contribution in [2.75, 3.05) is 26.2 Å². The van der Waals surface area contributed by atoms with Crippen LogP contribution in [0.4, 0.5) is 0 Å². The maximum atomic E-state index is 10.5. The second kappa shape index (κ2) is 8.63. The molecule has 5 rings (SSSR count). The third-order valence-corrected chi connectivity index (χ3v) is 7.01. The Morgan fingerprint density at radius 3 is 1.90 bits per heavy atom. The van der Waals surface area contributed by atoms with E-state index in [1.54, 1.807) is 9.80 Å². The third-order valence-electron chi connectivity index (χ3n) is 7.01. The van der Waals surface area contributed by atoms with Crippen LogP contribution in [0.5, 0.6) is 5.75 Å². The van der Waals surface area contributed by atoms with Gasteiger partial charge < -0.3 is 14.9 Å². The summed E-state index contributed by atoms with van der Waals surface area (Å²) in [5, 5.41) is 10.5. The number of benzene rings is 3. The molecule has 3 heteroatoms. The van der Waals surface area contributed by atoms with Gasteiger partial charge in [-0.1, -0.05) is 60.7 Å². The maximum absolute atomic E-state index is 10.5. The molecule has 3 N–H and O–H groups in total. The molecule has 0 bridgehead atoms. The minimum absolute atomic E-state index is 0.391. The van der Waals surface area contributed by atoms with Gasteiger partial charge in [-0.25, -0.2) is 0 Å². The zero-order valence-electron chi connectivity index (χ0n) is 17.6. The molecule has 1 aliphatic heterocycles. The predicted molar refractivity (Wildman–Crippen MR) is 120 cm³/mol. The molecule has 1 fully saturated rings. The van der Waals surface area contributed by atoms with E-state index in [2.05, 4.69) is 66.7 Å². The molecule has 0 atom stereocenters. The average molecular weight is 401 g/mol. The van der Waals surface area contributed by atoms with E-state index in [4.69, 9.17) is 0 Å². The highest BCUT2D eigenvalue weighted by atomic mass is 16.3. The summed E-state index contributed by atoms with van der Waals surface area (Å²) in [4.78, 5) is 3.24. The Kier molecular flexibility index (Phi) is 5.56. The van der Waals surface area contributed by atoms with E-state index < -0.39 is 0 Å². The Balaban J connectivity index is 1.30. The number of fused-ring (bicyclic) bond motifs is 1. The van der Waals surface area contributed by atoms with Crippen LogP contribution >= 0.6 is 0 Å². The van der Waals surface area contributed by atoms with E-state index in [9.17, 15) is 5.11 Å². The molecule has 154 valence electrons. The number of phenolic OH excluding ortho intramolecular Hbond substituents is 1. The van der Waals surface area contributed by atoms with E-state index in [0.29, 0.717) is 11.8 Å². The van der Waals surface area contributed by atoms with Crippen LogP contribution in [0.25, 0.3) is 0 Å². The number of quaternary nitrogens is 2. The number of phenols is 1. The molecule has 2 aliphatic rings. The highest BCUT2D eigenvalue weighted by Gasteiger charge is 2.32. The first-order valence-electron chi connectivity index (χ1n) is 11.4. The molecular weight excluding hydrogens is 368 g/mol. The lowest BCUT2D eigenvalue weighted by molar-refractivity contribution is -1.03. The van der Waals surface area contributed by atoms with Crippen LogP contribution in [0.3, 0.4) is 0 Å². The number of rotatable bonds is 5. The summed E-state index contributed by atoms with van der Waals surface area (Å²) in [6, 6.07) is 26.6. The van der Waals surface area contributed by atoms with Crippen LogP contribution in [0.15, 0.2) is 72.8 Å². The number of nitrogens with one attached hydrogen (secondary N) is 2. The minimum atomic E-state index is 0.391. The number of aryl methyl sites for hydroxylation is 2. The van der Waals surface area contributed by atoms with Crippen molar-refractivity contribution in [1.29, 1.82) is 0 Å². The van der Waals surface area contributed by atoms with E-state index >= 15 is 0 Å². The first-order valence-corrected chi connectivity index (χ1v) is 11.4. The molecule has 1 aliphatic carbocycles. The summed E-state index contributed by atoms with van der Waals surface area (Å²) in [7, 11) is 0. The molecule has 1 heterocycles. The Hall–Kier alpha value is -2.62. The molecule has 0 spiro atoms. The predicted octanol–water partition coefficient (Wildman–Crippen LogP) is 1.95. The topological polar surface area (TPSA) is 29.1 Å². The summed E-state index contributed by atoms with van der Waals surface area (Å²) < 4.78 is 0. The van der Waals surface area contributed by atoms with Gasteiger partial charge in [0.25, 0.3) is 0 Å². The van der Waals surface area contributed by atoms with E-state index in [-0.39, 0.29) is 0 Å². The second-order valence-electron chi connectivity index (χ2n) is 8.94. The zero-order valence-corrected chi connectivity index (χ0v) is 17.6. The van der Waals surface area contributed by atoms with E-state index in [1.165, 1.54) is 35.1 Å². The zero-order chi connectivity index (χ0) is 20.3. The molecule has 3 aromatic rings. The number of aromatic hydroxyl groups is 1. The lowest BCUT2D eigenvalue weighted by Gasteiger charge is -2.35. The van der Waals surface area contributed by atoms with Crippen LogP contribution < -0.4 is 9.80 Å². The molecule has 30 heavy (non-hydrogen) atoms. The van der Waals surface area contributed by atoms with Crippen molar-refractivity contribution in [2.24, 2.45) is 0 Å². The van der Waals surface area contributed by atoms with Crippen molar-refractivity contribution in [2.45, 2.75) is 31.8 Å². The highest BCUT2D eigenvalue weighted by molar-refractivity contribution is 5.43. The summed E-state index contributed by atoms with van der Waals surface area (Å²) in [5.74, 6) is 0.504. The minimum Gasteiger partial charge on any atom is -0.507 e. The van der Waals surface area contributed by atoms with Crippen molar-refractivity contribution < 1.29 is 14.9 Å². The smallest absolute Gasteiger partial charge is 0.139 e. The van der Waals surface area contributed by atoms with Crippen LogP contribution in [0.2, 0.25) is 0 Å². The Labute approximate surface area is 179 Å². The van der Waals surface area contributed by atoms with Gasteiger partial charge in [0.2, 0.25) is 0 Å². The van der Waals surface area contributed by atoms with Crippen molar-refractivity contribution in [3.05, 3.63) is 101 Å². The molecule has 0 saturated carbocycles. The SMILES string of the molecule is Oc1cc2c(cc1C[NH+]1CC[NH+](C(c3ccccc3)c3ccccc3)CC1)CCC2. The lowest BCUT2D eigenvalue weighted by atomic mass is 9.96. The van der Waals surface area contributed by atoms with Crippen molar-refractivity contribution >= 4 is 0 Å². The van der Waals surface area contributed by atoms with Crippen molar-refractivity contribution in [1.82, 2.24) is 0 Å². The average Bonchev–Trinajstić information content (AvgIpc) is 3.24. The van der Waals surface area contributed by atoms with Gasteiger partial charge in [-0.2, -0.15) is 0 Å². The maximum Gasteiger partial charge on any atom is 0.139 e. The van der Waals surface area contributed by atoms with Gasteiger partial charge >= 0.3 is 0 Å². The summed E-state index contributed by atoms with van der Waals surface area (Å²) in [6.45, 7) is 5.52. The largest absolute Gasteiger partial charge is 0.507 e. The normalized spacial score (nSPS) is 21.0. The highest BCUT2D eigenvalue weighted by Crippen LogP contribution is 2.28. The van der Waals surface area contributed by atoms with Gasteiger partial charge in [-0.3, -0.25) is 0 Å². The fraction of sp³-hybridized carbons (Fsp3) is 0.333. The Morgan fingerprint density at radius 1 is 0.733 bits per heavy atom. The lowest BCUT2D eigenvalue weighted by Crippen LogP contribution is -3.27. The number of piperazine rings is 1. The van der Waals surface area contributed by atoms with Crippen LogP contribution in [0, 0.1) is 0 Å². The monoisotopic (exact) mass is 400 g/mol. The summed E-state index contributed by atoms with van der Waals surface area (Å²) in [5.41, 5.74) is 6.75. The van der Waals surface area contributed by atoms with Crippen LogP contribution in [-0.4, -0.2) is 31.3 Å². The number of hydrogen-bond acceptors (Lipinski definition) is 1. The van der Waals surface area contributed by atoms with Gasteiger partial charge in [0.05, 0.1) is 0 Å². The summed E-state index contributed by atoms with van der Waals surface area (Å²) >= 11 is 0. The fourth-order valence-electron chi connectivity index (χ4n) is 5.42. The molecule has 1 saturated heterocycles. The van der Waals surface area contributed by atoms with Crippen LogP contribution in [-0.2, 0) is 19.4 Å². The van der Waals surface area contributed by atoms with Gasteiger partial charge in [-0.15, -0.1) is 0 Å². The van der Waals surface area contributed by atoms with E-state index in [1.807, 2.05) is 6.07 Å². The Bertz CT molecular complexity index is 939. The van der Waals surface area contributed by atoms with Gasteiger partial charge in [0.15, 0.2) is 0 Å². The standard InChI is InChI=1S/C27H30N2O/c30-26-19-24-13-7-12-23(24)18-25(26)20-28-14-16-29(17-15-28)27(21-8-3-1-4-9-21)22-10-5-2-6-11-22/h1-6,8-11,18-19,27,30H,7,12-17,20H2/p+2. The third kappa shape index (κ3) is 4.00. The Morgan fingerprint density at radius 2 is 1.30 bits per heavy atom. The van der Waals surface area contributed by atoms with Crippen molar-refractivity contribution in [3.63, 3.8) is 0 Å². The molecule has 0 amide bonds. The quantitative estimate of drug-likeness (QED) is 0.601. The molecular formula is C27H32N2O+2. The molecule has 0 unspecified atom stereocenters. The molecule has 0 aromatic heterocycles. The molecule has 3 nitrogen and oxygen atoms in total. The van der Waals surface area contributed by atoms with Crippen LogP contribution in [0.1, 0.15) is 40.3 Å². The molecule has 3 aromatic carbocycles. The fourth-order valence-corrected chi connectivity index (χ4v) is 5.42. The van der Waals surface area contributed by atoms with Gasteiger partial charge in [0, 0.05) is 16.7 Å². The number of hydrogen-bond donors (Lipinski definition) is 3. The first-order chi connectivity index (χ1) is 14.8.